The zero-order chi connectivity index (χ0) is 8.27. The Labute approximate surface area is 66.3 Å². The Hall–Kier alpha value is -1.30. The first-order valence-electron chi connectivity index (χ1n) is 3.72. The van der Waals surface area contributed by atoms with Crippen molar-refractivity contribution in [3.8, 4) is 6.07 Å². The van der Waals surface area contributed by atoms with Crippen LogP contribution in [0, 0.1) is 18.3 Å². The minimum Gasteiger partial charge on any atom is -0.271 e. The molecular formula is C8H11N3. The van der Waals surface area contributed by atoms with E-state index in [1.165, 1.54) is 0 Å². The van der Waals surface area contributed by atoms with E-state index in [9.17, 15) is 0 Å². The van der Waals surface area contributed by atoms with Crippen LogP contribution in [-0.4, -0.2) is 9.78 Å². The summed E-state index contributed by atoms with van der Waals surface area (Å²) in [6, 6.07) is 2.09. The second-order valence-electron chi connectivity index (χ2n) is 2.50. The van der Waals surface area contributed by atoms with Crippen LogP contribution in [0.25, 0.3) is 0 Å². The molecule has 0 aromatic carbocycles. The summed E-state index contributed by atoms with van der Waals surface area (Å²) < 4.78 is 1.81. The number of nitriles is 1. The van der Waals surface area contributed by atoms with Gasteiger partial charge in [-0.25, -0.2) is 0 Å². The molecule has 0 amide bonds. The molecule has 0 radical (unpaired) electrons. The summed E-state index contributed by atoms with van der Waals surface area (Å²) in [7, 11) is 0. The summed E-state index contributed by atoms with van der Waals surface area (Å²) in [4.78, 5) is 0. The van der Waals surface area contributed by atoms with E-state index in [-0.39, 0.29) is 0 Å². The van der Waals surface area contributed by atoms with Crippen molar-refractivity contribution in [3.63, 3.8) is 0 Å². The molecule has 0 saturated carbocycles. The quantitative estimate of drug-likeness (QED) is 0.639. The molecule has 58 valence electrons. The van der Waals surface area contributed by atoms with Gasteiger partial charge in [-0.2, -0.15) is 10.4 Å². The first-order valence-corrected chi connectivity index (χ1v) is 3.72. The molecule has 0 spiro atoms. The van der Waals surface area contributed by atoms with Gasteiger partial charge < -0.3 is 0 Å². The van der Waals surface area contributed by atoms with Crippen molar-refractivity contribution < 1.29 is 0 Å². The van der Waals surface area contributed by atoms with Crippen molar-refractivity contribution in [1.82, 2.24) is 9.78 Å². The van der Waals surface area contributed by atoms with Gasteiger partial charge in [0.1, 0.15) is 6.07 Å². The molecule has 0 aliphatic heterocycles. The van der Waals surface area contributed by atoms with Gasteiger partial charge >= 0.3 is 0 Å². The first-order chi connectivity index (χ1) is 5.27. The van der Waals surface area contributed by atoms with Crippen LogP contribution in [0.2, 0.25) is 0 Å². The third-order valence-corrected chi connectivity index (χ3v) is 1.52. The normalized spacial score (nSPS) is 9.55. The van der Waals surface area contributed by atoms with Gasteiger partial charge in [0.05, 0.1) is 11.3 Å². The largest absolute Gasteiger partial charge is 0.271 e. The Morgan fingerprint density at radius 1 is 1.73 bits per heavy atom. The molecule has 0 aliphatic carbocycles. The molecule has 0 fully saturated rings. The lowest BCUT2D eigenvalue weighted by Crippen LogP contribution is -1.96. The zero-order valence-electron chi connectivity index (χ0n) is 6.83. The van der Waals surface area contributed by atoms with E-state index < -0.39 is 0 Å². The number of aromatic nitrogens is 2. The van der Waals surface area contributed by atoms with Crippen LogP contribution < -0.4 is 0 Å². The predicted octanol–water partition coefficient (Wildman–Crippen LogP) is 1.47. The Kier molecular flexibility index (Phi) is 2.27. The lowest BCUT2D eigenvalue weighted by molar-refractivity contribution is 0.598. The van der Waals surface area contributed by atoms with Crippen LogP contribution in [0.1, 0.15) is 24.6 Å². The van der Waals surface area contributed by atoms with Crippen LogP contribution in [0.5, 0.6) is 0 Å². The maximum atomic E-state index is 8.60. The smallest absolute Gasteiger partial charge is 0.103 e. The van der Waals surface area contributed by atoms with Crippen molar-refractivity contribution in [3.05, 3.63) is 17.5 Å². The number of rotatable bonds is 2. The van der Waals surface area contributed by atoms with E-state index in [0.29, 0.717) is 5.56 Å². The van der Waals surface area contributed by atoms with E-state index >= 15 is 0 Å². The molecule has 0 aliphatic rings. The lowest BCUT2D eigenvalue weighted by Gasteiger charge is -1.93. The van der Waals surface area contributed by atoms with Gasteiger partial charge in [0.2, 0.25) is 0 Å². The van der Waals surface area contributed by atoms with Crippen molar-refractivity contribution in [2.75, 3.05) is 0 Å². The van der Waals surface area contributed by atoms with Crippen LogP contribution >= 0.6 is 0 Å². The average molecular weight is 149 g/mol. The molecule has 3 heteroatoms. The fourth-order valence-electron chi connectivity index (χ4n) is 0.971. The highest BCUT2D eigenvalue weighted by atomic mass is 15.3. The number of hydrogen-bond donors (Lipinski definition) is 0. The van der Waals surface area contributed by atoms with E-state index in [0.717, 1.165) is 18.7 Å². The fourth-order valence-corrected chi connectivity index (χ4v) is 0.971. The number of aryl methyl sites for hydroxylation is 2. The van der Waals surface area contributed by atoms with Gasteiger partial charge in [-0.1, -0.05) is 6.92 Å². The van der Waals surface area contributed by atoms with Gasteiger partial charge in [0, 0.05) is 12.7 Å². The molecule has 1 rings (SSSR count). The summed E-state index contributed by atoms with van der Waals surface area (Å²) in [6.07, 6.45) is 2.84. The molecule has 0 unspecified atom stereocenters. The molecule has 0 atom stereocenters. The molecule has 1 aromatic heterocycles. The van der Waals surface area contributed by atoms with E-state index in [2.05, 4.69) is 18.1 Å². The lowest BCUT2D eigenvalue weighted by atomic mass is 10.3. The third kappa shape index (κ3) is 1.58. The zero-order valence-corrected chi connectivity index (χ0v) is 6.83. The molecule has 3 nitrogen and oxygen atoms in total. The van der Waals surface area contributed by atoms with Crippen molar-refractivity contribution in [2.24, 2.45) is 0 Å². The molecule has 0 saturated heterocycles. The summed E-state index contributed by atoms with van der Waals surface area (Å²) in [6.45, 7) is 4.83. The third-order valence-electron chi connectivity index (χ3n) is 1.52. The Morgan fingerprint density at radius 3 is 2.91 bits per heavy atom. The average Bonchev–Trinajstić information content (AvgIpc) is 2.32. The Bertz CT molecular complexity index is 280. The Morgan fingerprint density at radius 2 is 2.45 bits per heavy atom. The van der Waals surface area contributed by atoms with Crippen LogP contribution in [0.3, 0.4) is 0 Å². The van der Waals surface area contributed by atoms with Gasteiger partial charge in [-0.05, 0) is 13.3 Å². The van der Waals surface area contributed by atoms with Crippen LogP contribution in [0.4, 0.5) is 0 Å². The second-order valence-corrected chi connectivity index (χ2v) is 2.50. The summed E-state index contributed by atoms with van der Waals surface area (Å²) in [5.41, 5.74) is 1.50. The number of nitrogens with zero attached hydrogens (tertiary/aromatic N) is 3. The fraction of sp³-hybridized carbons (Fsp3) is 0.500. The van der Waals surface area contributed by atoms with Gasteiger partial charge in [0.25, 0.3) is 0 Å². The minimum atomic E-state index is 0.679. The minimum absolute atomic E-state index is 0.679. The van der Waals surface area contributed by atoms with E-state index in [4.69, 9.17) is 5.26 Å². The van der Waals surface area contributed by atoms with Gasteiger partial charge in [-0.15, -0.1) is 0 Å². The predicted molar refractivity (Wildman–Crippen MR) is 42.0 cm³/mol. The summed E-state index contributed by atoms with van der Waals surface area (Å²) >= 11 is 0. The van der Waals surface area contributed by atoms with E-state index in [1.54, 1.807) is 6.20 Å². The Balaban J connectivity index is 2.89. The second kappa shape index (κ2) is 3.20. The van der Waals surface area contributed by atoms with Crippen LogP contribution in [0.15, 0.2) is 6.20 Å². The van der Waals surface area contributed by atoms with E-state index in [1.807, 2.05) is 11.6 Å². The monoisotopic (exact) mass is 149 g/mol. The standard InChI is InChI=1S/C8H11N3/c1-3-4-11-6-8(5-9)7(2)10-11/h6H,3-4H2,1-2H3. The van der Waals surface area contributed by atoms with Crippen LogP contribution in [-0.2, 0) is 6.54 Å². The van der Waals surface area contributed by atoms with Crippen molar-refractivity contribution in [1.29, 1.82) is 5.26 Å². The topological polar surface area (TPSA) is 41.6 Å². The summed E-state index contributed by atoms with van der Waals surface area (Å²) in [5.74, 6) is 0. The molecule has 11 heavy (non-hydrogen) atoms. The highest BCUT2D eigenvalue weighted by molar-refractivity contribution is 5.29. The number of hydrogen-bond acceptors (Lipinski definition) is 2. The summed E-state index contributed by atoms with van der Waals surface area (Å²) in [5, 5.41) is 12.8. The SMILES string of the molecule is CCCn1cc(C#N)c(C)n1. The molecule has 1 heterocycles. The molecule has 0 bridgehead atoms. The molecular weight excluding hydrogens is 138 g/mol. The molecule has 1 aromatic rings. The highest BCUT2D eigenvalue weighted by Gasteiger charge is 2.01. The molecule has 0 N–H and O–H groups in total. The highest BCUT2D eigenvalue weighted by Crippen LogP contribution is 2.03. The van der Waals surface area contributed by atoms with Gasteiger partial charge in [-0.3, -0.25) is 4.68 Å². The van der Waals surface area contributed by atoms with Crippen molar-refractivity contribution >= 4 is 0 Å². The first kappa shape index (κ1) is 7.80. The van der Waals surface area contributed by atoms with Crippen molar-refractivity contribution in [2.45, 2.75) is 26.8 Å². The maximum Gasteiger partial charge on any atom is 0.103 e. The maximum absolute atomic E-state index is 8.60. The van der Waals surface area contributed by atoms with Gasteiger partial charge in [0.15, 0.2) is 0 Å².